The highest BCUT2D eigenvalue weighted by Gasteiger charge is 2.10. The zero-order valence-electron chi connectivity index (χ0n) is 13.7. The van der Waals surface area contributed by atoms with Gasteiger partial charge >= 0.3 is 6.03 Å². The van der Waals surface area contributed by atoms with Crippen molar-refractivity contribution < 1.29 is 14.3 Å². The van der Waals surface area contributed by atoms with Crippen LogP contribution < -0.4 is 10.6 Å². The molecule has 0 saturated heterocycles. The number of halogens is 1. The number of amides is 2. The molecule has 0 fully saturated rings. The molecule has 0 aliphatic carbocycles. The quantitative estimate of drug-likeness (QED) is 0.701. The number of urea groups is 1. The first-order chi connectivity index (χ1) is 11.5. The fourth-order valence-corrected chi connectivity index (χ4v) is 2.93. The highest BCUT2D eigenvalue weighted by molar-refractivity contribution is 7.98. The predicted octanol–water partition coefficient (Wildman–Crippen LogP) is 3.39. The van der Waals surface area contributed by atoms with Crippen LogP contribution in [0.5, 0.6) is 0 Å². The lowest BCUT2D eigenvalue weighted by atomic mass is 10.1. The van der Waals surface area contributed by atoms with Gasteiger partial charge in [-0.25, -0.2) is 9.18 Å². The topological polar surface area (TPSA) is 61.4 Å². The van der Waals surface area contributed by atoms with Crippen LogP contribution in [-0.4, -0.2) is 23.9 Å². The molecule has 0 spiro atoms. The van der Waals surface area contributed by atoms with Gasteiger partial charge in [-0.2, -0.15) is 0 Å². The van der Waals surface area contributed by atoms with E-state index < -0.39 is 6.10 Å². The summed E-state index contributed by atoms with van der Waals surface area (Å²) in [7, 11) is 0. The molecule has 0 aliphatic heterocycles. The van der Waals surface area contributed by atoms with Gasteiger partial charge in [0.05, 0.1) is 6.10 Å². The summed E-state index contributed by atoms with van der Waals surface area (Å²) in [5.41, 5.74) is 2.78. The van der Waals surface area contributed by atoms with E-state index in [9.17, 15) is 14.3 Å². The second kappa shape index (κ2) is 8.70. The van der Waals surface area contributed by atoms with Crippen molar-refractivity contribution in [3.05, 3.63) is 65.0 Å². The Morgan fingerprint density at radius 1 is 1.21 bits per heavy atom. The number of rotatable bonds is 6. The molecule has 3 N–H and O–H groups in total. The largest absolute Gasteiger partial charge is 0.387 e. The van der Waals surface area contributed by atoms with Crippen LogP contribution in [0.1, 0.15) is 22.8 Å². The van der Waals surface area contributed by atoms with Crippen LogP contribution in [0.25, 0.3) is 0 Å². The maximum Gasteiger partial charge on any atom is 0.315 e. The average molecular weight is 348 g/mol. The average Bonchev–Trinajstić information content (AvgIpc) is 2.59. The maximum atomic E-state index is 12.8. The number of carbonyl (C=O) groups is 1. The molecule has 0 radical (unpaired) electrons. The molecule has 0 bridgehead atoms. The zero-order valence-corrected chi connectivity index (χ0v) is 14.5. The van der Waals surface area contributed by atoms with Crippen LogP contribution in [0.3, 0.4) is 0 Å². The first kappa shape index (κ1) is 18.3. The smallest absolute Gasteiger partial charge is 0.315 e. The van der Waals surface area contributed by atoms with E-state index in [1.165, 1.54) is 29.8 Å². The Hall–Kier alpha value is -2.05. The van der Waals surface area contributed by atoms with Crippen molar-refractivity contribution in [1.82, 2.24) is 10.6 Å². The molecule has 6 heteroatoms. The molecular formula is C18H21FN2O2S. The summed E-state index contributed by atoms with van der Waals surface area (Å²) < 4.78 is 12.8. The lowest BCUT2D eigenvalue weighted by Crippen LogP contribution is -2.37. The molecule has 4 nitrogen and oxygen atoms in total. The van der Waals surface area contributed by atoms with Gasteiger partial charge in [0.2, 0.25) is 0 Å². The SMILES string of the molecule is CSc1cc(C)ccc1CNC(=O)NCC(O)c1ccc(F)cc1. The lowest BCUT2D eigenvalue weighted by Gasteiger charge is -2.14. The Balaban J connectivity index is 1.82. The molecule has 1 unspecified atom stereocenters. The number of benzene rings is 2. The molecular weight excluding hydrogens is 327 g/mol. The predicted molar refractivity (Wildman–Crippen MR) is 94.6 cm³/mol. The van der Waals surface area contributed by atoms with E-state index in [0.717, 1.165) is 10.5 Å². The Labute approximate surface area is 145 Å². The van der Waals surface area contributed by atoms with E-state index in [0.29, 0.717) is 12.1 Å². The van der Waals surface area contributed by atoms with Crippen LogP contribution in [0.4, 0.5) is 9.18 Å². The third-order valence-corrected chi connectivity index (χ3v) is 4.41. The molecule has 0 saturated carbocycles. The van der Waals surface area contributed by atoms with E-state index in [2.05, 4.69) is 16.7 Å². The van der Waals surface area contributed by atoms with Gasteiger partial charge in [-0.15, -0.1) is 11.8 Å². The minimum atomic E-state index is -0.877. The second-order valence-electron chi connectivity index (χ2n) is 5.45. The molecule has 0 aliphatic rings. The molecule has 0 aromatic heterocycles. The fraction of sp³-hybridized carbons (Fsp3) is 0.278. The zero-order chi connectivity index (χ0) is 17.5. The molecule has 2 aromatic carbocycles. The van der Waals surface area contributed by atoms with Gasteiger partial charge < -0.3 is 15.7 Å². The van der Waals surface area contributed by atoms with Crippen molar-refractivity contribution in [2.45, 2.75) is 24.5 Å². The number of aryl methyl sites for hydroxylation is 1. The van der Waals surface area contributed by atoms with Crippen LogP contribution >= 0.6 is 11.8 Å². The number of carbonyl (C=O) groups excluding carboxylic acids is 1. The van der Waals surface area contributed by atoms with Crippen molar-refractivity contribution in [1.29, 1.82) is 0 Å². The van der Waals surface area contributed by atoms with Gasteiger partial charge in [0, 0.05) is 18.0 Å². The summed E-state index contributed by atoms with van der Waals surface area (Å²) in [6.45, 7) is 2.50. The van der Waals surface area contributed by atoms with Gasteiger partial charge in [0.15, 0.2) is 0 Å². The normalized spacial score (nSPS) is 11.8. The molecule has 2 rings (SSSR count). The number of aliphatic hydroxyl groups excluding tert-OH is 1. The van der Waals surface area contributed by atoms with E-state index >= 15 is 0 Å². The minimum Gasteiger partial charge on any atom is -0.387 e. The molecule has 0 heterocycles. The van der Waals surface area contributed by atoms with Gasteiger partial charge in [-0.05, 0) is 48.1 Å². The van der Waals surface area contributed by atoms with E-state index in [4.69, 9.17) is 0 Å². The molecule has 24 heavy (non-hydrogen) atoms. The number of aliphatic hydroxyl groups is 1. The molecule has 2 aromatic rings. The van der Waals surface area contributed by atoms with Crippen molar-refractivity contribution in [2.24, 2.45) is 0 Å². The van der Waals surface area contributed by atoms with E-state index in [1.807, 2.05) is 25.3 Å². The monoisotopic (exact) mass is 348 g/mol. The molecule has 128 valence electrons. The van der Waals surface area contributed by atoms with Crippen LogP contribution in [0.15, 0.2) is 47.4 Å². The number of thioether (sulfide) groups is 1. The lowest BCUT2D eigenvalue weighted by molar-refractivity contribution is 0.173. The maximum absolute atomic E-state index is 12.8. The summed E-state index contributed by atoms with van der Waals surface area (Å²) in [6.07, 6.45) is 1.12. The highest BCUT2D eigenvalue weighted by atomic mass is 32.2. The van der Waals surface area contributed by atoms with Crippen molar-refractivity contribution in [3.8, 4) is 0 Å². The summed E-state index contributed by atoms with van der Waals surface area (Å²) in [5.74, 6) is -0.362. The van der Waals surface area contributed by atoms with Crippen LogP contribution in [-0.2, 0) is 6.54 Å². The minimum absolute atomic E-state index is 0.0563. The number of hydrogen-bond acceptors (Lipinski definition) is 3. The molecule has 2 amide bonds. The van der Waals surface area contributed by atoms with Crippen LogP contribution in [0.2, 0.25) is 0 Å². The molecule has 1 atom stereocenters. The Bertz CT molecular complexity index is 692. The van der Waals surface area contributed by atoms with E-state index in [1.54, 1.807) is 11.8 Å². The van der Waals surface area contributed by atoms with Gasteiger partial charge in [0.1, 0.15) is 5.82 Å². The fourth-order valence-electron chi connectivity index (χ4n) is 2.23. The summed E-state index contributed by atoms with van der Waals surface area (Å²) >= 11 is 1.64. The van der Waals surface area contributed by atoms with Crippen molar-refractivity contribution in [3.63, 3.8) is 0 Å². The summed E-state index contributed by atoms with van der Waals surface area (Å²) in [5, 5.41) is 15.4. The Morgan fingerprint density at radius 3 is 2.58 bits per heavy atom. The van der Waals surface area contributed by atoms with E-state index in [-0.39, 0.29) is 18.4 Å². The van der Waals surface area contributed by atoms with Crippen molar-refractivity contribution in [2.75, 3.05) is 12.8 Å². The third-order valence-electron chi connectivity index (χ3n) is 3.59. The Kier molecular flexibility index (Phi) is 6.63. The summed E-state index contributed by atoms with van der Waals surface area (Å²) in [4.78, 5) is 13.0. The summed E-state index contributed by atoms with van der Waals surface area (Å²) in [6, 6.07) is 11.3. The van der Waals surface area contributed by atoms with Crippen molar-refractivity contribution >= 4 is 17.8 Å². The van der Waals surface area contributed by atoms with Gasteiger partial charge in [0.25, 0.3) is 0 Å². The standard InChI is InChI=1S/C18H21FN2O2S/c1-12-3-4-14(17(9-12)24-2)10-20-18(23)21-11-16(22)13-5-7-15(19)8-6-13/h3-9,16,22H,10-11H2,1-2H3,(H2,20,21,23). The second-order valence-corrected chi connectivity index (χ2v) is 6.29. The third kappa shape index (κ3) is 5.25. The van der Waals surface area contributed by atoms with Crippen LogP contribution in [0, 0.1) is 12.7 Å². The number of hydrogen-bond donors (Lipinski definition) is 3. The first-order valence-corrected chi connectivity index (χ1v) is 8.81. The van der Waals surface area contributed by atoms with Gasteiger partial charge in [-0.3, -0.25) is 0 Å². The van der Waals surface area contributed by atoms with Gasteiger partial charge in [-0.1, -0.05) is 24.3 Å². The highest BCUT2D eigenvalue weighted by Crippen LogP contribution is 2.21. The first-order valence-electron chi connectivity index (χ1n) is 7.58. The Morgan fingerprint density at radius 2 is 1.92 bits per heavy atom. The number of nitrogens with one attached hydrogen (secondary N) is 2.